The third kappa shape index (κ3) is 3.66. The molecule has 4 rings (SSSR count). The van der Waals surface area contributed by atoms with Crippen LogP contribution in [-0.4, -0.2) is 41.4 Å². The van der Waals surface area contributed by atoms with Crippen molar-refractivity contribution in [1.82, 2.24) is 5.01 Å². The lowest BCUT2D eigenvalue weighted by atomic mass is 10.1. The predicted molar refractivity (Wildman–Crippen MR) is 108 cm³/mol. The molecule has 0 spiro atoms. The zero-order valence-electron chi connectivity index (χ0n) is 14.6. The lowest BCUT2D eigenvalue weighted by Gasteiger charge is -2.20. The second-order valence-electron chi connectivity index (χ2n) is 6.36. The summed E-state index contributed by atoms with van der Waals surface area (Å²) >= 11 is 17.9. The molecular weight excluding hydrogens is 441 g/mol. The van der Waals surface area contributed by atoms with Gasteiger partial charge >= 0.3 is 0 Å². The Labute approximate surface area is 180 Å². The number of hydrogen-bond acceptors (Lipinski definition) is 6. The number of imide groups is 1. The van der Waals surface area contributed by atoms with E-state index in [1.54, 1.807) is 30.3 Å². The van der Waals surface area contributed by atoms with Crippen molar-refractivity contribution in [1.29, 1.82) is 0 Å². The van der Waals surface area contributed by atoms with E-state index in [1.807, 2.05) is 0 Å². The zero-order chi connectivity index (χ0) is 20.7. The summed E-state index contributed by atoms with van der Waals surface area (Å²) in [6.07, 6.45) is 0. The van der Waals surface area contributed by atoms with E-state index in [9.17, 15) is 14.4 Å². The Morgan fingerprint density at radius 2 is 1.79 bits per heavy atom. The predicted octanol–water partition coefficient (Wildman–Crippen LogP) is 3.58. The zero-order valence-corrected chi connectivity index (χ0v) is 16.8. The van der Waals surface area contributed by atoms with Crippen molar-refractivity contribution in [2.24, 2.45) is 10.3 Å². The lowest BCUT2D eigenvalue weighted by molar-refractivity contribution is -0.123. The summed E-state index contributed by atoms with van der Waals surface area (Å²) in [5, 5.41) is 12.6. The first-order chi connectivity index (χ1) is 13.8. The molecule has 2 atom stereocenters. The molecule has 0 aliphatic carbocycles. The Morgan fingerprint density at radius 1 is 1.03 bits per heavy atom. The van der Waals surface area contributed by atoms with E-state index in [2.05, 4.69) is 15.7 Å². The van der Waals surface area contributed by atoms with Gasteiger partial charge in [0.2, 0.25) is 5.91 Å². The summed E-state index contributed by atoms with van der Waals surface area (Å²) < 4.78 is 0. The van der Waals surface area contributed by atoms with Gasteiger partial charge in [-0.25, -0.2) is 4.90 Å². The Morgan fingerprint density at radius 3 is 2.52 bits per heavy atom. The van der Waals surface area contributed by atoms with Crippen LogP contribution in [0.3, 0.4) is 0 Å². The molecular formula is C18H12Cl3N5O3. The number of halogens is 3. The molecule has 0 bridgehead atoms. The standard InChI is InChI=1S/C18H12Cl3N5O3/c19-9-2-1-3-11(6-9)26-17(28)15-16(18(26)29)25(24-23-15)8-14(27)22-13-5-4-10(20)7-12(13)21/h1-7,15-16H,8H2,(H,22,27)/t15-,16+/m1/s1. The van der Waals surface area contributed by atoms with Gasteiger partial charge in [-0.15, -0.1) is 0 Å². The molecule has 148 valence electrons. The summed E-state index contributed by atoms with van der Waals surface area (Å²) in [5.74, 6) is -1.52. The summed E-state index contributed by atoms with van der Waals surface area (Å²) in [5.41, 5.74) is 0.706. The van der Waals surface area contributed by atoms with Crippen LogP contribution >= 0.6 is 34.8 Å². The molecule has 2 heterocycles. The molecule has 1 saturated heterocycles. The molecule has 1 N–H and O–H groups in total. The van der Waals surface area contributed by atoms with Crippen molar-refractivity contribution >= 4 is 63.9 Å². The number of rotatable bonds is 4. The minimum Gasteiger partial charge on any atom is -0.323 e. The Bertz CT molecular complexity index is 1060. The van der Waals surface area contributed by atoms with Gasteiger partial charge in [0.15, 0.2) is 12.1 Å². The van der Waals surface area contributed by atoms with Gasteiger partial charge in [-0.05, 0) is 36.4 Å². The summed E-state index contributed by atoms with van der Waals surface area (Å²) in [4.78, 5) is 39.0. The Kier molecular flexibility index (Phi) is 5.16. The molecule has 2 aromatic rings. The fourth-order valence-corrected chi connectivity index (χ4v) is 3.79. The highest BCUT2D eigenvalue weighted by Gasteiger charge is 2.55. The van der Waals surface area contributed by atoms with Crippen molar-refractivity contribution in [3.05, 3.63) is 57.5 Å². The molecule has 2 aromatic carbocycles. The van der Waals surface area contributed by atoms with Gasteiger partial charge in [0, 0.05) is 10.0 Å². The molecule has 2 aliphatic heterocycles. The van der Waals surface area contributed by atoms with Gasteiger partial charge in [-0.1, -0.05) is 46.1 Å². The number of nitrogens with one attached hydrogen (secondary N) is 1. The van der Waals surface area contributed by atoms with Gasteiger partial charge in [-0.3, -0.25) is 19.4 Å². The van der Waals surface area contributed by atoms with Gasteiger partial charge in [0.05, 0.1) is 16.4 Å². The normalized spacial score (nSPS) is 20.4. The number of carbonyl (C=O) groups excluding carboxylic acids is 3. The highest BCUT2D eigenvalue weighted by Crippen LogP contribution is 2.33. The molecule has 0 saturated carbocycles. The first-order valence-corrected chi connectivity index (χ1v) is 9.54. The summed E-state index contributed by atoms with van der Waals surface area (Å²) in [7, 11) is 0. The van der Waals surface area contributed by atoms with Crippen LogP contribution in [0.4, 0.5) is 11.4 Å². The van der Waals surface area contributed by atoms with Crippen molar-refractivity contribution in [2.45, 2.75) is 12.1 Å². The van der Waals surface area contributed by atoms with Crippen molar-refractivity contribution in [2.75, 3.05) is 16.8 Å². The Hall–Kier alpha value is -2.68. The number of carbonyl (C=O) groups is 3. The average molecular weight is 453 g/mol. The first kappa shape index (κ1) is 19.6. The Balaban J connectivity index is 1.49. The van der Waals surface area contributed by atoms with E-state index in [0.717, 1.165) is 4.90 Å². The van der Waals surface area contributed by atoms with Crippen LogP contribution in [0.1, 0.15) is 0 Å². The summed E-state index contributed by atoms with van der Waals surface area (Å²) in [6, 6.07) is 9.00. The van der Waals surface area contributed by atoms with Crippen LogP contribution in [0.5, 0.6) is 0 Å². The van der Waals surface area contributed by atoms with Gasteiger partial charge in [0.25, 0.3) is 11.8 Å². The fourth-order valence-electron chi connectivity index (χ4n) is 3.15. The molecule has 2 aliphatic rings. The topological polar surface area (TPSA) is 94.4 Å². The van der Waals surface area contributed by atoms with Crippen LogP contribution in [0, 0.1) is 0 Å². The number of amides is 3. The van der Waals surface area contributed by atoms with Gasteiger partial charge in [0.1, 0.15) is 6.54 Å². The van der Waals surface area contributed by atoms with E-state index in [0.29, 0.717) is 21.4 Å². The lowest BCUT2D eigenvalue weighted by Crippen LogP contribution is -2.43. The number of fused-ring (bicyclic) bond motifs is 1. The van der Waals surface area contributed by atoms with Crippen molar-refractivity contribution in [3.63, 3.8) is 0 Å². The van der Waals surface area contributed by atoms with Crippen LogP contribution in [-0.2, 0) is 14.4 Å². The molecule has 3 amide bonds. The molecule has 0 radical (unpaired) electrons. The molecule has 11 heteroatoms. The first-order valence-electron chi connectivity index (χ1n) is 8.41. The minimum atomic E-state index is -1.01. The van der Waals surface area contributed by atoms with E-state index >= 15 is 0 Å². The molecule has 8 nitrogen and oxygen atoms in total. The SMILES string of the molecule is O=C(CN1N=N[C@H]2C(=O)N(c3cccc(Cl)c3)C(=O)[C@H]21)Nc1ccc(Cl)cc1Cl. The third-order valence-corrected chi connectivity index (χ3v) is 5.22. The molecule has 0 aromatic heterocycles. The van der Waals surface area contributed by atoms with Crippen molar-refractivity contribution < 1.29 is 14.4 Å². The van der Waals surface area contributed by atoms with Crippen LogP contribution in [0.15, 0.2) is 52.8 Å². The van der Waals surface area contributed by atoms with E-state index in [4.69, 9.17) is 34.8 Å². The highest BCUT2D eigenvalue weighted by atomic mass is 35.5. The third-order valence-electron chi connectivity index (χ3n) is 4.44. The van der Waals surface area contributed by atoms with Crippen LogP contribution in [0.25, 0.3) is 0 Å². The maximum absolute atomic E-state index is 12.9. The largest absolute Gasteiger partial charge is 0.323 e. The summed E-state index contributed by atoms with van der Waals surface area (Å²) in [6.45, 7) is -0.286. The maximum atomic E-state index is 12.9. The van der Waals surface area contributed by atoms with Crippen LogP contribution in [0.2, 0.25) is 15.1 Å². The second-order valence-corrected chi connectivity index (χ2v) is 7.64. The second kappa shape index (κ2) is 7.62. The molecule has 0 unspecified atom stereocenters. The van der Waals surface area contributed by atoms with E-state index < -0.39 is 29.8 Å². The average Bonchev–Trinajstić information content (AvgIpc) is 3.17. The highest BCUT2D eigenvalue weighted by molar-refractivity contribution is 6.36. The van der Waals surface area contributed by atoms with E-state index in [-0.39, 0.29) is 11.6 Å². The fraction of sp³-hybridized carbons (Fsp3) is 0.167. The number of benzene rings is 2. The van der Waals surface area contributed by atoms with Gasteiger partial charge < -0.3 is 5.32 Å². The molecule has 1 fully saturated rings. The molecule has 29 heavy (non-hydrogen) atoms. The monoisotopic (exact) mass is 451 g/mol. The van der Waals surface area contributed by atoms with Crippen molar-refractivity contribution in [3.8, 4) is 0 Å². The number of hydrogen-bond donors (Lipinski definition) is 1. The minimum absolute atomic E-state index is 0.269. The number of nitrogens with zero attached hydrogens (tertiary/aromatic N) is 4. The number of anilines is 2. The van der Waals surface area contributed by atoms with E-state index in [1.165, 1.54) is 17.1 Å². The quantitative estimate of drug-likeness (QED) is 0.717. The maximum Gasteiger partial charge on any atom is 0.263 e. The smallest absolute Gasteiger partial charge is 0.263 e. The van der Waals surface area contributed by atoms with Gasteiger partial charge in [-0.2, -0.15) is 5.11 Å². The van der Waals surface area contributed by atoms with Crippen LogP contribution < -0.4 is 10.2 Å².